The van der Waals surface area contributed by atoms with Crippen molar-refractivity contribution < 1.29 is 14.6 Å². The van der Waals surface area contributed by atoms with Gasteiger partial charge in [-0.3, -0.25) is 0 Å². The Morgan fingerprint density at radius 2 is 1.89 bits per heavy atom. The third-order valence-corrected chi connectivity index (χ3v) is 2.44. The Labute approximate surface area is 107 Å². The first-order valence-electron chi connectivity index (χ1n) is 5.85. The lowest BCUT2D eigenvalue weighted by Gasteiger charge is -2.06. The van der Waals surface area contributed by atoms with Crippen LogP contribution in [0.15, 0.2) is 42.2 Å². The second-order valence-electron chi connectivity index (χ2n) is 4.01. The lowest BCUT2D eigenvalue weighted by atomic mass is 10.1. The van der Waals surface area contributed by atoms with Crippen molar-refractivity contribution >= 4 is 11.5 Å². The summed E-state index contributed by atoms with van der Waals surface area (Å²) in [6.07, 6.45) is 2.81. The largest absolute Gasteiger partial charge is 0.494 e. The Bertz CT molecular complexity index is 467. The maximum Gasteiger partial charge on any atom is 0.332 e. The maximum absolute atomic E-state index is 10.7. The molecule has 0 fully saturated rings. The van der Waals surface area contributed by atoms with E-state index in [0.29, 0.717) is 12.4 Å². The van der Waals surface area contributed by atoms with Crippen molar-refractivity contribution in [3.8, 4) is 0 Å². The number of benzene rings is 1. The van der Waals surface area contributed by atoms with E-state index in [1.54, 1.807) is 6.08 Å². The molecule has 0 aliphatic carbocycles. The van der Waals surface area contributed by atoms with Crippen LogP contribution in [0.25, 0.3) is 5.57 Å². The molecule has 0 atom stereocenters. The SMILES string of the molecule is CCOC(=C/C(=O)O)/C=C(\C)c1ccc(C)cc1. The van der Waals surface area contributed by atoms with Crippen LogP contribution >= 0.6 is 0 Å². The summed E-state index contributed by atoms with van der Waals surface area (Å²) in [7, 11) is 0. The fraction of sp³-hybridized carbons (Fsp3) is 0.267. The monoisotopic (exact) mass is 246 g/mol. The van der Waals surface area contributed by atoms with Crippen LogP contribution in [0.1, 0.15) is 25.0 Å². The number of carboxylic acids is 1. The first kappa shape index (κ1) is 14.0. The van der Waals surface area contributed by atoms with E-state index in [1.807, 2.05) is 45.0 Å². The van der Waals surface area contributed by atoms with Crippen molar-refractivity contribution in [2.24, 2.45) is 0 Å². The highest BCUT2D eigenvalue weighted by molar-refractivity contribution is 5.81. The molecule has 0 amide bonds. The molecule has 96 valence electrons. The van der Waals surface area contributed by atoms with Crippen molar-refractivity contribution in [1.29, 1.82) is 0 Å². The van der Waals surface area contributed by atoms with Gasteiger partial charge in [-0.15, -0.1) is 0 Å². The summed E-state index contributed by atoms with van der Waals surface area (Å²) in [5, 5.41) is 8.74. The van der Waals surface area contributed by atoms with Crippen LogP contribution in [0.5, 0.6) is 0 Å². The predicted octanol–water partition coefficient (Wildman–Crippen LogP) is 3.40. The molecule has 0 saturated carbocycles. The van der Waals surface area contributed by atoms with Gasteiger partial charge in [0.15, 0.2) is 0 Å². The molecular formula is C15H18O3. The van der Waals surface area contributed by atoms with Crippen molar-refractivity contribution in [3.05, 3.63) is 53.3 Å². The fourth-order valence-electron chi connectivity index (χ4n) is 1.53. The molecule has 1 N–H and O–H groups in total. The molecule has 1 rings (SSSR count). The summed E-state index contributed by atoms with van der Waals surface area (Å²) in [6, 6.07) is 8.05. The summed E-state index contributed by atoms with van der Waals surface area (Å²) >= 11 is 0. The van der Waals surface area contributed by atoms with Crippen molar-refractivity contribution in [2.45, 2.75) is 20.8 Å². The third-order valence-electron chi connectivity index (χ3n) is 2.44. The number of rotatable bonds is 5. The Hall–Kier alpha value is -2.03. The molecule has 0 aliphatic rings. The minimum absolute atomic E-state index is 0.364. The highest BCUT2D eigenvalue weighted by atomic mass is 16.5. The van der Waals surface area contributed by atoms with Gasteiger partial charge in [0.2, 0.25) is 0 Å². The Kier molecular flexibility index (Phi) is 5.18. The normalized spacial score (nSPS) is 12.4. The summed E-state index contributed by atoms with van der Waals surface area (Å²) in [5.74, 6) is -0.644. The van der Waals surface area contributed by atoms with Crippen molar-refractivity contribution in [3.63, 3.8) is 0 Å². The van der Waals surface area contributed by atoms with E-state index in [1.165, 1.54) is 5.56 Å². The van der Waals surface area contributed by atoms with Crippen molar-refractivity contribution in [2.75, 3.05) is 6.61 Å². The lowest BCUT2D eigenvalue weighted by Crippen LogP contribution is -1.96. The Morgan fingerprint density at radius 3 is 2.39 bits per heavy atom. The van der Waals surface area contributed by atoms with E-state index in [2.05, 4.69) is 0 Å². The number of ether oxygens (including phenoxy) is 1. The first-order valence-corrected chi connectivity index (χ1v) is 5.85. The molecule has 0 spiro atoms. The number of carbonyl (C=O) groups is 1. The molecule has 0 aromatic heterocycles. The molecule has 3 heteroatoms. The van der Waals surface area contributed by atoms with Crippen LogP contribution in [0.4, 0.5) is 0 Å². The summed E-state index contributed by atoms with van der Waals surface area (Å²) in [6.45, 7) is 6.22. The number of carboxylic acid groups (broad SMARTS) is 1. The Balaban J connectivity index is 2.98. The standard InChI is InChI=1S/C15H18O3/c1-4-18-14(10-15(16)17)9-12(3)13-7-5-11(2)6-8-13/h5-10H,4H2,1-3H3,(H,16,17)/b12-9+,14-10+. The van der Waals surface area contributed by atoms with Crippen molar-refractivity contribution in [1.82, 2.24) is 0 Å². The Morgan fingerprint density at radius 1 is 1.28 bits per heavy atom. The van der Waals surface area contributed by atoms with Gasteiger partial charge in [-0.2, -0.15) is 0 Å². The van der Waals surface area contributed by atoms with Crippen LogP contribution < -0.4 is 0 Å². The number of aryl methyl sites for hydroxylation is 1. The number of hydrogen-bond donors (Lipinski definition) is 1. The lowest BCUT2D eigenvalue weighted by molar-refractivity contribution is -0.131. The second-order valence-corrected chi connectivity index (χ2v) is 4.01. The highest BCUT2D eigenvalue weighted by Gasteiger charge is 2.01. The molecular weight excluding hydrogens is 228 g/mol. The summed E-state index contributed by atoms with van der Waals surface area (Å²) in [5.41, 5.74) is 3.21. The topological polar surface area (TPSA) is 46.5 Å². The fourth-order valence-corrected chi connectivity index (χ4v) is 1.53. The van der Waals surface area contributed by atoms with Gasteiger partial charge in [0.25, 0.3) is 0 Å². The average Bonchev–Trinajstić information content (AvgIpc) is 2.29. The smallest absolute Gasteiger partial charge is 0.332 e. The van der Waals surface area contributed by atoms with E-state index in [9.17, 15) is 4.79 Å². The molecule has 1 aromatic rings. The number of aliphatic carboxylic acids is 1. The van der Waals surface area contributed by atoms with E-state index < -0.39 is 5.97 Å². The molecule has 0 radical (unpaired) electrons. The van der Waals surface area contributed by atoms with Gasteiger partial charge in [0, 0.05) is 0 Å². The molecule has 1 aromatic carbocycles. The molecule has 0 heterocycles. The first-order chi connectivity index (χ1) is 8.52. The molecule has 3 nitrogen and oxygen atoms in total. The van der Waals surface area contributed by atoms with E-state index in [4.69, 9.17) is 9.84 Å². The minimum atomic E-state index is -1.01. The second kappa shape index (κ2) is 6.64. The zero-order valence-corrected chi connectivity index (χ0v) is 10.9. The number of allylic oxidation sites excluding steroid dienone is 2. The van der Waals surface area contributed by atoms with Crippen LogP contribution in [-0.2, 0) is 9.53 Å². The van der Waals surface area contributed by atoms with E-state index in [0.717, 1.165) is 17.2 Å². The van der Waals surface area contributed by atoms with Gasteiger partial charge in [-0.05, 0) is 38.0 Å². The van der Waals surface area contributed by atoms with Gasteiger partial charge >= 0.3 is 5.97 Å². The molecule has 18 heavy (non-hydrogen) atoms. The van der Waals surface area contributed by atoms with Gasteiger partial charge in [0.1, 0.15) is 5.76 Å². The van der Waals surface area contributed by atoms with E-state index in [-0.39, 0.29) is 0 Å². The quantitative estimate of drug-likeness (QED) is 0.492. The zero-order valence-electron chi connectivity index (χ0n) is 10.9. The van der Waals surface area contributed by atoms with Gasteiger partial charge in [-0.1, -0.05) is 29.8 Å². The average molecular weight is 246 g/mol. The summed E-state index contributed by atoms with van der Waals surface area (Å²) in [4.78, 5) is 10.7. The van der Waals surface area contributed by atoms with E-state index >= 15 is 0 Å². The third kappa shape index (κ3) is 4.45. The van der Waals surface area contributed by atoms with Gasteiger partial charge in [-0.25, -0.2) is 4.79 Å². The van der Waals surface area contributed by atoms with Crippen LogP contribution in [0, 0.1) is 6.92 Å². The molecule has 0 unspecified atom stereocenters. The molecule has 0 bridgehead atoms. The summed E-state index contributed by atoms with van der Waals surface area (Å²) < 4.78 is 5.27. The predicted molar refractivity (Wildman–Crippen MR) is 72.2 cm³/mol. The molecule has 0 aliphatic heterocycles. The van der Waals surface area contributed by atoms with Crippen LogP contribution in [-0.4, -0.2) is 17.7 Å². The number of hydrogen-bond acceptors (Lipinski definition) is 2. The minimum Gasteiger partial charge on any atom is -0.494 e. The highest BCUT2D eigenvalue weighted by Crippen LogP contribution is 2.17. The van der Waals surface area contributed by atoms with Crippen LogP contribution in [0.2, 0.25) is 0 Å². The molecule has 0 saturated heterocycles. The van der Waals surface area contributed by atoms with Gasteiger partial charge < -0.3 is 9.84 Å². The maximum atomic E-state index is 10.7. The van der Waals surface area contributed by atoms with Crippen LogP contribution in [0.3, 0.4) is 0 Å². The van der Waals surface area contributed by atoms with Gasteiger partial charge in [0.05, 0.1) is 12.7 Å². The zero-order chi connectivity index (χ0) is 13.5.